The molecule has 2 rings (SSSR count). The summed E-state index contributed by atoms with van der Waals surface area (Å²) in [6, 6.07) is -0.592. The fourth-order valence-corrected chi connectivity index (χ4v) is 3.37. The van der Waals surface area contributed by atoms with E-state index < -0.39 is 24.5 Å². The molecule has 2 saturated carbocycles. The second-order valence-electron chi connectivity index (χ2n) is 6.31. The summed E-state index contributed by atoms with van der Waals surface area (Å²) in [6.45, 7) is 1.89. The van der Waals surface area contributed by atoms with E-state index >= 15 is 0 Å². The van der Waals surface area contributed by atoms with Gasteiger partial charge in [0.05, 0.1) is 5.92 Å². The van der Waals surface area contributed by atoms with Crippen LogP contribution in [0.15, 0.2) is 0 Å². The molecule has 0 radical (unpaired) electrons. The summed E-state index contributed by atoms with van der Waals surface area (Å²) in [5, 5.41) is 4.60. The van der Waals surface area contributed by atoms with Crippen molar-refractivity contribution in [2.45, 2.75) is 45.4 Å². The van der Waals surface area contributed by atoms with Crippen LogP contribution in [-0.4, -0.2) is 36.8 Å². The van der Waals surface area contributed by atoms with Crippen molar-refractivity contribution in [3.63, 3.8) is 0 Å². The van der Waals surface area contributed by atoms with Crippen LogP contribution in [0.1, 0.15) is 45.4 Å². The Morgan fingerprint density at radius 2 is 1.83 bits per heavy atom. The fraction of sp³-hybridized carbons (Fsp3) is 0.750. The summed E-state index contributed by atoms with van der Waals surface area (Å²) in [5.74, 6) is -1.20. The maximum Gasteiger partial charge on any atom is 0.321 e. The molecule has 2 aliphatic rings. The maximum absolute atomic E-state index is 12.1. The molecule has 2 fully saturated rings. The van der Waals surface area contributed by atoms with Crippen molar-refractivity contribution in [3.8, 4) is 0 Å². The number of ether oxygens (including phenoxy) is 1. The van der Waals surface area contributed by atoms with E-state index in [4.69, 9.17) is 4.74 Å². The number of carbonyl (C=O) groups excluding carboxylic acids is 4. The van der Waals surface area contributed by atoms with Crippen LogP contribution in [0.2, 0.25) is 0 Å². The number of ketones is 1. The van der Waals surface area contributed by atoms with Gasteiger partial charge in [0.15, 0.2) is 6.61 Å². The van der Waals surface area contributed by atoms with Crippen LogP contribution in [0.3, 0.4) is 0 Å². The quantitative estimate of drug-likeness (QED) is 0.739. The summed E-state index contributed by atoms with van der Waals surface area (Å²) < 4.78 is 5.01. The second-order valence-corrected chi connectivity index (χ2v) is 6.31. The standard InChI is InChI=1S/C16H24N2O5/c1-2-6-17-16(22)18-13(19)9-23-15(21)12-7-10-4-3-5-11(8-12)14(10)20/h10-12H,2-9H2,1H3,(H2,17,18,19,22)/t10-,11+,12?. The number of esters is 1. The normalized spacial score (nSPS) is 26.3. The molecule has 0 saturated heterocycles. The molecule has 0 aromatic rings. The molecule has 7 nitrogen and oxygen atoms in total. The Labute approximate surface area is 135 Å². The summed E-state index contributed by atoms with van der Waals surface area (Å²) >= 11 is 0. The Hall–Kier alpha value is -1.92. The number of fused-ring (bicyclic) bond motifs is 2. The molecule has 2 bridgehead atoms. The van der Waals surface area contributed by atoms with Gasteiger partial charge in [-0.3, -0.25) is 19.7 Å². The molecular weight excluding hydrogens is 300 g/mol. The van der Waals surface area contributed by atoms with Crippen LogP contribution >= 0.6 is 0 Å². The molecule has 1 unspecified atom stereocenters. The lowest BCUT2D eigenvalue weighted by Crippen LogP contribution is -2.43. The predicted molar refractivity (Wildman–Crippen MR) is 81.4 cm³/mol. The minimum absolute atomic E-state index is 0.0336. The molecule has 7 heteroatoms. The number of rotatable bonds is 5. The summed E-state index contributed by atoms with van der Waals surface area (Å²) in [7, 11) is 0. The average Bonchev–Trinajstić information content (AvgIpc) is 2.50. The summed E-state index contributed by atoms with van der Waals surface area (Å²) in [4.78, 5) is 46.9. The van der Waals surface area contributed by atoms with Crippen LogP contribution in [0.5, 0.6) is 0 Å². The molecule has 0 heterocycles. The van der Waals surface area contributed by atoms with Crippen LogP contribution in [0.25, 0.3) is 0 Å². The van der Waals surface area contributed by atoms with Gasteiger partial charge in [0.25, 0.3) is 5.91 Å². The van der Waals surface area contributed by atoms with Gasteiger partial charge in [-0.2, -0.15) is 0 Å². The van der Waals surface area contributed by atoms with Crippen molar-refractivity contribution in [3.05, 3.63) is 0 Å². The highest BCUT2D eigenvalue weighted by Gasteiger charge is 2.41. The molecular formula is C16H24N2O5. The number of imide groups is 1. The van der Waals surface area contributed by atoms with Crippen molar-refractivity contribution in [2.24, 2.45) is 17.8 Å². The zero-order valence-electron chi connectivity index (χ0n) is 13.4. The van der Waals surface area contributed by atoms with Crippen molar-refractivity contribution in [1.29, 1.82) is 0 Å². The average molecular weight is 324 g/mol. The van der Waals surface area contributed by atoms with Gasteiger partial charge in [-0.1, -0.05) is 13.3 Å². The number of hydrogen-bond acceptors (Lipinski definition) is 5. The van der Waals surface area contributed by atoms with E-state index in [0.29, 0.717) is 19.4 Å². The van der Waals surface area contributed by atoms with Crippen molar-refractivity contribution < 1.29 is 23.9 Å². The van der Waals surface area contributed by atoms with Gasteiger partial charge in [0.1, 0.15) is 5.78 Å². The molecule has 3 amide bonds. The Bertz CT molecular complexity index is 475. The van der Waals surface area contributed by atoms with Gasteiger partial charge >= 0.3 is 12.0 Å². The molecule has 2 aliphatic carbocycles. The first kappa shape index (κ1) is 17.4. The number of Topliss-reactive ketones (excluding diaryl/α,β-unsaturated/α-hetero) is 1. The van der Waals surface area contributed by atoms with Crippen molar-refractivity contribution >= 4 is 23.7 Å². The minimum atomic E-state index is -0.654. The van der Waals surface area contributed by atoms with E-state index in [1.54, 1.807) is 0 Å². The third-order valence-corrected chi connectivity index (χ3v) is 4.52. The summed E-state index contributed by atoms with van der Waals surface area (Å²) in [6.07, 6.45) is 4.53. The zero-order valence-corrected chi connectivity index (χ0v) is 13.4. The number of urea groups is 1. The number of hydrogen-bond donors (Lipinski definition) is 2. The Balaban J connectivity index is 1.73. The lowest BCUT2D eigenvalue weighted by Gasteiger charge is -2.36. The van der Waals surface area contributed by atoms with Crippen LogP contribution in [-0.2, 0) is 19.1 Å². The summed E-state index contributed by atoms with van der Waals surface area (Å²) in [5.41, 5.74) is 0. The minimum Gasteiger partial charge on any atom is -0.455 e. The van der Waals surface area contributed by atoms with E-state index in [1.165, 1.54) is 0 Å². The van der Waals surface area contributed by atoms with Crippen molar-refractivity contribution in [1.82, 2.24) is 10.6 Å². The van der Waals surface area contributed by atoms with Gasteiger partial charge in [-0.15, -0.1) is 0 Å². The Kier molecular flexibility index (Phi) is 6.12. The highest BCUT2D eigenvalue weighted by atomic mass is 16.5. The van der Waals surface area contributed by atoms with E-state index in [1.807, 2.05) is 6.92 Å². The predicted octanol–water partition coefficient (Wildman–Crippen LogP) is 1.16. The highest BCUT2D eigenvalue weighted by Crippen LogP contribution is 2.40. The van der Waals surface area contributed by atoms with Gasteiger partial charge < -0.3 is 10.1 Å². The van der Waals surface area contributed by atoms with Gasteiger partial charge in [0, 0.05) is 18.4 Å². The SMILES string of the molecule is CCCNC(=O)NC(=O)COC(=O)C1C[C@H]2CCC[C@@H](C1)C2=O. The smallest absolute Gasteiger partial charge is 0.321 e. The molecule has 0 spiro atoms. The highest BCUT2D eigenvalue weighted by molar-refractivity contribution is 5.95. The molecule has 128 valence electrons. The molecule has 0 aromatic carbocycles. The first-order valence-electron chi connectivity index (χ1n) is 8.29. The molecule has 23 heavy (non-hydrogen) atoms. The third-order valence-electron chi connectivity index (χ3n) is 4.52. The number of nitrogens with one attached hydrogen (secondary N) is 2. The second kappa shape index (κ2) is 8.08. The molecule has 0 aliphatic heterocycles. The first-order chi connectivity index (χ1) is 11.0. The first-order valence-corrected chi connectivity index (χ1v) is 8.29. The molecule has 2 N–H and O–H groups in total. The van der Waals surface area contributed by atoms with E-state index in [9.17, 15) is 19.2 Å². The van der Waals surface area contributed by atoms with Crippen LogP contribution < -0.4 is 10.6 Å². The van der Waals surface area contributed by atoms with Crippen LogP contribution in [0.4, 0.5) is 4.79 Å². The topological polar surface area (TPSA) is 102 Å². The van der Waals surface area contributed by atoms with Crippen molar-refractivity contribution in [2.75, 3.05) is 13.2 Å². The third kappa shape index (κ3) is 4.77. The van der Waals surface area contributed by atoms with E-state index in [-0.39, 0.29) is 23.5 Å². The monoisotopic (exact) mass is 324 g/mol. The van der Waals surface area contributed by atoms with E-state index in [0.717, 1.165) is 25.7 Å². The van der Waals surface area contributed by atoms with E-state index in [2.05, 4.69) is 10.6 Å². The van der Waals surface area contributed by atoms with Gasteiger partial charge in [-0.25, -0.2) is 4.79 Å². The lowest BCUT2D eigenvalue weighted by atomic mass is 9.67. The van der Waals surface area contributed by atoms with Crippen LogP contribution in [0, 0.1) is 17.8 Å². The largest absolute Gasteiger partial charge is 0.455 e. The molecule has 3 atom stereocenters. The maximum atomic E-state index is 12.1. The fourth-order valence-electron chi connectivity index (χ4n) is 3.37. The van der Waals surface area contributed by atoms with Gasteiger partial charge in [-0.05, 0) is 32.1 Å². The Morgan fingerprint density at radius 1 is 1.17 bits per heavy atom. The number of carbonyl (C=O) groups is 4. The van der Waals surface area contributed by atoms with Gasteiger partial charge in [0.2, 0.25) is 0 Å². The Morgan fingerprint density at radius 3 is 2.43 bits per heavy atom. The number of amides is 3. The lowest BCUT2D eigenvalue weighted by molar-refractivity contribution is -0.156. The zero-order chi connectivity index (χ0) is 16.8. The molecule has 0 aromatic heterocycles.